The zero-order chi connectivity index (χ0) is 23.8. The van der Waals surface area contributed by atoms with Crippen molar-refractivity contribution in [2.45, 2.75) is 82.7 Å². The van der Waals surface area contributed by atoms with Crippen molar-refractivity contribution in [3.05, 3.63) is 89.0 Å². The molecule has 2 aromatic carbocycles. The number of hydrogen-bond donors (Lipinski definition) is 1. The second-order valence-electron chi connectivity index (χ2n) is 10.9. The highest BCUT2D eigenvalue weighted by Crippen LogP contribution is 2.42. The third-order valence-corrected chi connectivity index (χ3v) is 8.71. The normalized spacial score (nSPS) is 25.5. The minimum Gasteiger partial charge on any atom is -0.328 e. The van der Waals surface area contributed by atoms with Crippen LogP contribution in [0.2, 0.25) is 0 Å². The zero-order valence-corrected chi connectivity index (χ0v) is 21.0. The molecule has 5 heteroatoms. The van der Waals surface area contributed by atoms with Crippen LogP contribution in [0.5, 0.6) is 0 Å². The van der Waals surface area contributed by atoms with E-state index < -0.39 is 0 Å². The smallest absolute Gasteiger partial charge is 0.106 e. The van der Waals surface area contributed by atoms with Gasteiger partial charge in [-0.2, -0.15) is 0 Å². The van der Waals surface area contributed by atoms with Gasteiger partial charge in [0.2, 0.25) is 0 Å². The summed E-state index contributed by atoms with van der Waals surface area (Å²) in [6.07, 6.45) is 7.27. The Morgan fingerprint density at radius 2 is 1.63 bits per heavy atom. The first-order chi connectivity index (χ1) is 17.2. The lowest BCUT2D eigenvalue weighted by Gasteiger charge is -2.41. The minimum atomic E-state index is 0.131. The van der Waals surface area contributed by atoms with Gasteiger partial charge in [0.25, 0.3) is 0 Å². The van der Waals surface area contributed by atoms with Crippen LogP contribution < -0.4 is 5.73 Å². The molecule has 0 radical (unpaired) electrons. The maximum absolute atomic E-state index is 6.55. The number of hydrogen-bond acceptors (Lipinski definition) is 4. The highest BCUT2D eigenvalue weighted by molar-refractivity contribution is 5.23. The molecule has 2 fully saturated rings. The van der Waals surface area contributed by atoms with Crippen LogP contribution in [0, 0.1) is 6.92 Å². The summed E-state index contributed by atoms with van der Waals surface area (Å²) >= 11 is 0. The van der Waals surface area contributed by atoms with Crippen LogP contribution in [-0.2, 0) is 19.5 Å². The van der Waals surface area contributed by atoms with Gasteiger partial charge in [0.15, 0.2) is 0 Å². The summed E-state index contributed by atoms with van der Waals surface area (Å²) < 4.78 is 2.64. The topological polar surface area (TPSA) is 50.3 Å². The summed E-state index contributed by atoms with van der Waals surface area (Å²) in [6, 6.07) is 23.6. The number of piperidine rings is 1. The number of benzene rings is 2. The van der Waals surface area contributed by atoms with E-state index in [0.29, 0.717) is 18.1 Å². The molecule has 1 aromatic heterocycles. The average Bonchev–Trinajstić information content (AvgIpc) is 3.33. The first-order valence-corrected chi connectivity index (χ1v) is 13.5. The Morgan fingerprint density at radius 3 is 2.34 bits per heavy atom. The quantitative estimate of drug-likeness (QED) is 0.529. The van der Waals surface area contributed by atoms with Gasteiger partial charge < -0.3 is 10.3 Å². The average molecular weight is 470 g/mol. The number of nitrogens with zero attached hydrogens (tertiary/aromatic N) is 4. The third-order valence-electron chi connectivity index (χ3n) is 8.71. The fourth-order valence-corrected chi connectivity index (χ4v) is 7.01. The summed E-state index contributed by atoms with van der Waals surface area (Å²) in [5.41, 5.74) is 12.0. The molecule has 6 rings (SSSR count). The molecule has 2 saturated heterocycles. The lowest BCUT2D eigenvalue weighted by atomic mass is 9.95. The molecular formula is C30H39N5. The maximum Gasteiger partial charge on any atom is 0.106 e. The molecule has 3 aliphatic heterocycles. The van der Waals surface area contributed by atoms with Gasteiger partial charge in [-0.1, -0.05) is 60.7 Å². The van der Waals surface area contributed by atoms with E-state index in [2.05, 4.69) is 82.0 Å². The number of imidazole rings is 1. The van der Waals surface area contributed by atoms with Crippen LogP contribution in [0.3, 0.4) is 0 Å². The van der Waals surface area contributed by atoms with E-state index >= 15 is 0 Å². The molecule has 0 aliphatic carbocycles. The first kappa shape index (κ1) is 23.0. The van der Waals surface area contributed by atoms with Crippen molar-refractivity contribution in [3.63, 3.8) is 0 Å². The molecule has 3 aliphatic rings. The van der Waals surface area contributed by atoms with Crippen molar-refractivity contribution >= 4 is 0 Å². The molecular weight excluding hydrogens is 430 g/mol. The molecule has 2 unspecified atom stereocenters. The fraction of sp³-hybridized carbons (Fsp3) is 0.500. The molecule has 2 bridgehead atoms. The lowest BCUT2D eigenvalue weighted by molar-refractivity contribution is 0.0999. The molecule has 3 aromatic rings. The number of aryl methyl sites for hydroxylation is 1. The van der Waals surface area contributed by atoms with Crippen LogP contribution >= 0.6 is 0 Å². The lowest BCUT2D eigenvalue weighted by Crippen LogP contribution is -2.45. The van der Waals surface area contributed by atoms with Crippen molar-refractivity contribution in [1.82, 2.24) is 19.4 Å². The van der Waals surface area contributed by atoms with Gasteiger partial charge in [-0.25, -0.2) is 4.98 Å². The highest BCUT2D eigenvalue weighted by atomic mass is 15.3. The summed E-state index contributed by atoms with van der Waals surface area (Å²) in [4.78, 5) is 10.4. The zero-order valence-electron chi connectivity index (χ0n) is 21.0. The molecule has 184 valence electrons. The second kappa shape index (κ2) is 9.88. The Bertz CT molecular complexity index is 1110. The summed E-state index contributed by atoms with van der Waals surface area (Å²) in [5, 5.41) is 0. The summed E-state index contributed by atoms with van der Waals surface area (Å²) in [6.45, 7) is 6.49. The predicted molar refractivity (Wildman–Crippen MR) is 141 cm³/mol. The first-order valence-electron chi connectivity index (χ1n) is 13.5. The molecule has 4 heterocycles. The van der Waals surface area contributed by atoms with Gasteiger partial charge in [0.1, 0.15) is 5.82 Å². The number of fused-ring (bicyclic) bond motifs is 3. The molecule has 0 amide bonds. The van der Waals surface area contributed by atoms with E-state index in [1.54, 1.807) is 0 Å². The number of rotatable bonds is 7. The van der Waals surface area contributed by atoms with E-state index in [-0.39, 0.29) is 6.04 Å². The van der Waals surface area contributed by atoms with E-state index in [1.165, 1.54) is 54.0 Å². The Morgan fingerprint density at radius 1 is 0.943 bits per heavy atom. The molecule has 5 nitrogen and oxygen atoms in total. The van der Waals surface area contributed by atoms with Gasteiger partial charge in [-0.3, -0.25) is 9.80 Å². The highest BCUT2D eigenvalue weighted by Gasteiger charge is 2.42. The Hall–Kier alpha value is -2.47. The van der Waals surface area contributed by atoms with Gasteiger partial charge in [-0.15, -0.1) is 0 Å². The van der Waals surface area contributed by atoms with Crippen LogP contribution in [0.4, 0.5) is 0 Å². The van der Waals surface area contributed by atoms with E-state index in [9.17, 15) is 0 Å². The molecule has 2 N–H and O–H groups in total. The third kappa shape index (κ3) is 4.69. The van der Waals surface area contributed by atoms with Gasteiger partial charge >= 0.3 is 0 Å². The van der Waals surface area contributed by atoms with Gasteiger partial charge in [-0.05, 0) is 50.2 Å². The summed E-state index contributed by atoms with van der Waals surface area (Å²) in [5.74, 6) is 1.22. The fourth-order valence-electron chi connectivity index (χ4n) is 7.01. The summed E-state index contributed by atoms with van der Waals surface area (Å²) in [7, 11) is 0. The standard InChI is InChI=1S/C30H39N5/c1-22-32-29-15-16-33(20-23-8-4-2-5-9-23)21-30(29)35(22)27-18-25-12-13-26(19-27)34(25)17-14-28(31)24-10-6-3-7-11-24/h2-11,25-28H,12-21,31H2,1H3/t25?,26?,27?,28-/m0/s1. The minimum absolute atomic E-state index is 0.131. The predicted octanol–water partition coefficient (Wildman–Crippen LogP) is 5.01. The van der Waals surface area contributed by atoms with E-state index in [4.69, 9.17) is 10.7 Å². The van der Waals surface area contributed by atoms with Crippen LogP contribution in [0.25, 0.3) is 0 Å². The van der Waals surface area contributed by atoms with Crippen molar-refractivity contribution in [2.24, 2.45) is 5.73 Å². The maximum atomic E-state index is 6.55. The van der Waals surface area contributed by atoms with Crippen LogP contribution in [0.1, 0.15) is 72.5 Å². The number of aromatic nitrogens is 2. The van der Waals surface area contributed by atoms with E-state index in [1.807, 2.05) is 0 Å². The molecule has 0 saturated carbocycles. The van der Waals surface area contributed by atoms with Crippen LogP contribution in [-0.4, -0.2) is 44.5 Å². The monoisotopic (exact) mass is 469 g/mol. The molecule has 3 atom stereocenters. The largest absolute Gasteiger partial charge is 0.328 e. The SMILES string of the molecule is Cc1nc2c(n1C1CC3CCC(C1)N3CC[C@H](N)c1ccccc1)CN(Cc1ccccc1)CC2. The van der Waals surface area contributed by atoms with Crippen molar-refractivity contribution in [3.8, 4) is 0 Å². The van der Waals surface area contributed by atoms with Gasteiger partial charge in [0, 0.05) is 56.8 Å². The number of nitrogens with two attached hydrogens (primary N) is 1. The van der Waals surface area contributed by atoms with E-state index in [0.717, 1.165) is 39.0 Å². The second-order valence-corrected chi connectivity index (χ2v) is 10.9. The van der Waals surface area contributed by atoms with Gasteiger partial charge in [0.05, 0.1) is 11.4 Å². The van der Waals surface area contributed by atoms with Crippen molar-refractivity contribution < 1.29 is 0 Å². The van der Waals surface area contributed by atoms with Crippen molar-refractivity contribution in [1.29, 1.82) is 0 Å². The van der Waals surface area contributed by atoms with Crippen molar-refractivity contribution in [2.75, 3.05) is 13.1 Å². The van der Waals surface area contributed by atoms with Crippen LogP contribution in [0.15, 0.2) is 60.7 Å². The Kier molecular flexibility index (Phi) is 6.48. The Labute approximate surface area is 210 Å². The molecule has 35 heavy (non-hydrogen) atoms. The Balaban J connectivity index is 1.13. The molecule has 0 spiro atoms.